The predicted octanol–water partition coefficient (Wildman–Crippen LogP) is 1.95. The molecular formula is C15H26N2O. The molecule has 18 heavy (non-hydrogen) atoms. The summed E-state index contributed by atoms with van der Waals surface area (Å²) in [6.45, 7) is 6.89. The second-order valence-electron chi connectivity index (χ2n) is 6.19. The van der Waals surface area contributed by atoms with Crippen molar-refractivity contribution in [3.05, 3.63) is 12.2 Å². The van der Waals surface area contributed by atoms with Gasteiger partial charge < -0.3 is 10.6 Å². The lowest BCUT2D eigenvalue weighted by Crippen LogP contribution is -2.32. The van der Waals surface area contributed by atoms with Gasteiger partial charge in [-0.3, -0.25) is 4.79 Å². The molecule has 0 aliphatic heterocycles. The second-order valence-corrected chi connectivity index (χ2v) is 6.19. The van der Waals surface area contributed by atoms with Gasteiger partial charge in [0.15, 0.2) is 0 Å². The summed E-state index contributed by atoms with van der Waals surface area (Å²) in [4.78, 5) is 11.5. The molecule has 0 saturated heterocycles. The predicted molar refractivity (Wildman–Crippen MR) is 74.2 cm³/mol. The van der Waals surface area contributed by atoms with E-state index in [4.69, 9.17) is 0 Å². The molecule has 0 aromatic rings. The van der Waals surface area contributed by atoms with Gasteiger partial charge in [-0.25, -0.2) is 0 Å². The summed E-state index contributed by atoms with van der Waals surface area (Å²) < 4.78 is 0. The van der Waals surface area contributed by atoms with Gasteiger partial charge >= 0.3 is 0 Å². The Balaban J connectivity index is 1.51. The first kappa shape index (κ1) is 13.6. The van der Waals surface area contributed by atoms with Crippen molar-refractivity contribution >= 4 is 5.91 Å². The number of amides is 1. The Bertz CT molecular complexity index is 312. The maximum atomic E-state index is 11.5. The van der Waals surface area contributed by atoms with Crippen LogP contribution < -0.4 is 10.6 Å². The van der Waals surface area contributed by atoms with Gasteiger partial charge in [0.05, 0.1) is 0 Å². The van der Waals surface area contributed by atoms with Crippen LogP contribution in [-0.2, 0) is 4.79 Å². The van der Waals surface area contributed by atoms with E-state index < -0.39 is 0 Å². The van der Waals surface area contributed by atoms with Crippen LogP contribution in [0.2, 0.25) is 0 Å². The summed E-state index contributed by atoms with van der Waals surface area (Å²) in [6.07, 6.45) is 8.06. The average molecular weight is 250 g/mol. The molecule has 0 spiro atoms. The molecule has 2 aliphatic rings. The Labute approximate surface area is 110 Å². The Hall–Kier alpha value is -0.830. The molecule has 1 saturated carbocycles. The number of allylic oxidation sites excluding steroid dienone is 2. The molecule has 1 amide bonds. The van der Waals surface area contributed by atoms with Gasteiger partial charge in [-0.05, 0) is 43.1 Å². The molecule has 0 radical (unpaired) electrons. The van der Waals surface area contributed by atoms with Crippen molar-refractivity contribution in [2.75, 3.05) is 19.6 Å². The van der Waals surface area contributed by atoms with Crippen LogP contribution >= 0.6 is 0 Å². The number of nitrogens with one attached hydrogen (secondary N) is 2. The lowest BCUT2D eigenvalue weighted by molar-refractivity contribution is -0.121. The highest BCUT2D eigenvalue weighted by Gasteiger charge is 2.34. The number of carbonyl (C=O) groups is 1. The van der Waals surface area contributed by atoms with Crippen LogP contribution in [0.15, 0.2) is 12.2 Å². The van der Waals surface area contributed by atoms with E-state index in [0.717, 1.165) is 37.4 Å². The number of hydrogen-bond donors (Lipinski definition) is 2. The lowest BCUT2D eigenvalue weighted by Gasteiger charge is -2.18. The molecule has 2 bridgehead atoms. The van der Waals surface area contributed by atoms with Crippen LogP contribution in [0, 0.1) is 23.7 Å². The molecule has 0 aromatic heterocycles. The van der Waals surface area contributed by atoms with Crippen molar-refractivity contribution in [2.24, 2.45) is 23.7 Å². The van der Waals surface area contributed by atoms with E-state index in [9.17, 15) is 4.79 Å². The summed E-state index contributed by atoms with van der Waals surface area (Å²) in [5.41, 5.74) is 0. The van der Waals surface area contributed by atoms with Crippen molar-refractivity contribution in [3.63, 3.8) is 0 Å². The zero-order valence-corrected chi connectivity index (χ0v) is 11.6. The van der Waals surface area contributed by atoms with Crippen LogP contribution in [0.1, 0.15) is 33.1 Å². The van der Waals surface area contributed by atoms with E-state index in [1.54, 1.807) is 0 Å². The molecule has 3 nitrogen and oxygen atoms in total. The van der Waals surface area contributed by atoms with Gasteiger partial charge in [0.2, 0.25) is 5.91 Å². The maximum absolute atomic E-state index is 11.5. The van der Waals surface area contributed by atoms with Crippen LogP contribution in [0.3, 0.4) is 0 Å². The standard InChI is InChI=1S/C15H26N2O/c1-11(2)9-17-15(18)5-6-16-10-14-8-12-3-4-13(14)7-12/h3-4,11-14,16H,5-10H2,1-2H3,(H,17,18). The van der Waals surface area contributed by atoms with Crippen LogP contribution in [0.25, 0.3) is 0 Å². The fraction of sp³-hybridized carbons (Fsp3) is 0.800. The summed E-state index contributed by atoms with van der Waals surface area (Å²) in [5, 5.41) is 6.38. The number of fused-ring (bicyclic) bond motifs is 2. The lowest BCUT2D eigenvalue weighted by atomic mass is 9.94. The van der Waals surface area contributed by atoms with Gasteiger partial charge in [-0.1, -0.05) is 26.0 Å². The third kappa shape index (κ3) is 3.84. The van der Waals surface area contributed by atoms with Crippen molar-refractivity contribution in [1.82, 2.24) is 10.6 Å². The van der Waals surface area contributed by atoms with Crippen molar-refractivity contribution in [3.8, 4) is 0 Å². The minimum atomic E-state index is 0.170. The monoisotopic (exact) mass is 250 g/mol. The van der Waals surface area contributed by atoms with Gasteiger partial charge in [0.1, 0.15) is 0 Å². The van der Waals surface area contributed by atoms with Crippen LogP contribution in [0.4, 0.5) is 0 Å². The van der Waals surface area contributed by atoms with E-state index in [-0.39, 0.29) is 5.91 Å². The highest BCUT2D eigenvalue weighted by atomic mass is 16.1. The second kappa shape index (κ2) is 6.37. The third-order valence-electron chi connectivity index (χ3n) is 4.06. The molecule has 3 atom stereocenters. The number of hydrogen-bond acceptors (Lipinski definition) is 2. The summed E-state index contributed by atoms with van der Waals surface area (Å²) in [7, 11) is 0. The first-order valence-corrected chi connectivity index (χ1v) is 7.31. The Morgan fingerprint density at radius 3 is 2.78 bits per heavy atom. The summed E-state index contributed by atoms with van der Waals surface area (Å²) in [5.74, 6) is 3.15. The number of carbonyl (C=O) groups excluding carboxylic acids is 1. The summed E-state index contributed by atoms with van der Waals surface area (Å²) in [6, 6.07) is 0. The highest BCUT2D eigenvalue weighted by Crippen LogP contribution is 2.42. The van der Waals surface area contributed by atoms with E-state index in [1.807, 2.05) is 0 Å². The first-order chi connectivity index (χ1) is 8.65. The zero-order valence-electron chi connectivity index (χ0n) is 11.6. The molecule has 102 valence electrons. The first-order valence-electron chi connectivity index (χ1n) is 7.31. The van der Waals surface area contributed by atoms with Crippen LogP contribution in [0.5, 0.6) is 0 Å². The summed E-state index contributed by atoms with van der Waals surface area (Å²) >= 11 is 0. The minimum absolute atomic E-state index is 0.170. The molecule has 0 aromatic carbocycles. The molecule has 1 fully saturated rings. The molecule has 2 rings (SSSR count). The Morgan fingerprint density at radius 1 is 1.33 bits per heavy atom. The quantitative estimate of drug-likeness (QED) is 0.535. The molecule has 3 unspecified atom stereocenters. The van der Waals surface area contributed by atoms with E-state index in [2.05, 4.69) is 36.6 Å². The molecule has 0 heterocycles. The van der Waals surface area contributed by atoms with Gasteiger partial charge in [0, 0.05) is 19.5 Å². The SMILES string of the molecule is CC(C)CNC(=O)CCNCC1CC2C=CC1C2. The van der Waals surface area contributed by atoms with Gasteiger partial charge in [-0.15, -0.1) is 0 Å². The Kier molecular flexibility index (Phi) is 4.81. The van der Waals surface area contributed by atoms with Crippen molar-refractivity contribution < 1.29 is 4.79 Å². The number of rotatable bonds is 7. The average Bonchev–Trinajstić information content (AvgIpc) is 2.94. The zero-order chi connectivity index (χ0) is 13.0. The van der Waals surface area contributed by atoms with Crippen molar-refractivity contribution in [2.45, 2.75) is 33.1 Å². The fourth-order valence-corrected chi connectivity index (χ4v) is 3.03. The fourth-order valence-electron chi connectivity index (χ4n) is 3.03. The highest BCUT2D eigenvalue weighted by molar-refractivity contribution is 5.76. The molecule has 3 heteroatoms. The maximum Gasteiger partial charge on any atom is 0.221 e. The largest absolute Gasteiger partial charge is 0.356 e. The van der Waals surface area contributed by atoms with Gasteiger partial charge in [-0.2, -0.15) is 0 Å². The van der Waals surface area contributed by atoms with E-state index in [0.29, 0.717) is 12.3 Å². The molecular weight excluding hydrogens is 224 g/mol. The minimum Gasteiger partial charge on any atom is -0.356 e. The normalized spacial score (nSPS) is 29.2. The van der Waals surface area contributed by atoms with Gasteiger partial charge in [0.25, 0.3) is 0 Å². The van der Waals surface area contributed by atoms with Crippen molar-refractivity contribution in [1.29, 1.82) is 0 Å². The topological polar surface area (TPSA) is 41.1 Å². The van der Waals surface area contributed by atoms with E-state index in [1.165, 1.54) is 12.8 Å². The Morgan fingerprint density at radius 2 is 2.17 bits per heavy atom. The van der Waals surface area contributed by atoms with E-state index >= 15 is 0 Å². The smallest absolute Gasteiger partial charge is 0.221 e. The van der Waals surface area contributed by atoms with Crippen LogP contribution in [-0.4, -0.2) is 25.5 Å². The third-order valence-corrected chi connectivity index (χ3v) is 4.06. The molecule has 2 aliphatic carbocycles. The molecule has 2 N–H and O–H groups in total.